The molecule has 0 saturated carbocycles. The fraction of sp³-hybridized carbons (Fsp3) is 0. The van der Waals surface area contributed by atoms with Gasteiger partial charge in [-0.05, 0) is 12.1 Å². The standard InChI is InChI=1S/C9H8O2.C3H4O5S/c1-2-9(10)11-8-6-4-3-5-7-8;1-2(3(4)5)9(6,7)8/h2-7H,1H2;1H2,(H,4,5)(H,6,7,8). The number of carboxylic acid groups (broad SMARTS) is 1. The average Bonchev–Trinajstić information content (AvgIpc) is 2.38. The maximum Gasteiger partial charge on any atom is 0.349 e. The minimum Gasteiger partial charge on any atom is -0.477 e. The Morgan fingerprint density at radius 3 is 2.00 bits per heavy atom. The molecule has 0 amide bonds. The molecule has 1 rings (SSSR count). The fourth-order valence-corrected chi connectivity index (χ4v) is 0.977. The fourth-order valence-electron chi connectivity index (χ4n) is 0.757. The van der Waals surface area contributed by atoms with E-state index in [4.69, 9.17) is 14.4 Å². The monoisotopic (exact) mass is 300 g/mol. The number of carbonyl (C=O) groups is 2. The van der Waals surface area contributed by atoms with Crippen molar-refractivity contribution in [1.29, 1.82) is 0 Å². The van der Waals surface area contributed by atoms with Gasteiger partial charge >= 0.3 is 22.1 Å². The van der Waals surface area contributed by atoms with Gasteiger partial charge in [0, 0.05) is 6.08 Å². The molecule has 7 nitrogen and oxygen atoms in total. The number of carbonyl (C=O) groups excluding carboxylic acids is 1. The Labute approximate surface area is 115 Å². The summed E-state index contributed by atoms with van der Waals surface area (Å²) in [5.74, 6) is -1.65. The molecule has 0 bridgehead atoms. The molecule has 0 saturated heterocycles. The maximum absolute atomic E-state index is 10.6. The molecule has 8 heteroatoms. The number of aliphatic carboxylic acids is 1. The second-order valence-corrected chi connectivity index (χ2v) is 4.58. The number of rotatable bonds is 4. The van der Waals surface area contributed by atoms with Crippen molar-refractivity contribution in [2.24, 2.45) is 0 Å². The Morgan fingerprint density at radius 1 is 1.20 bits per heavy atom. The molecule has 20 heavy (non-hydrogen) atoms. The van der Waals surface area contributed by atoms with Crippen LogP contribution in [0.25, 0.3) is 0 Å². The molecular weight excluding hydrogens is 288 g/mol. The van der Waals surface area contributed by atoms with Crippen molar-refractivity contribution in [3.05, 3.63) is 54.5 Å². The molecule has 1 aromatic carbocycles. The van der Waals surface area contributed by atoms with Gasteiger partial charge in [0.05, 0.1) is 0 Å². The SMILES string of the molecule is C=C(C(=O)O)S(=O)(=O)O.C=CC(=O)Oc1ccccc1. The zero-order valence-electron chi connectivity index (χ0n) is 10.2. The summed E-state index contributed by atoms with van der Waals surface area (Å²) >= 11 is 0. The minimum absolute atomic E-state index is 0.434. The van der Waals surface area contributed by atoms with E-state index < -0.39 is 27.0 Å². The van der Waals surface area contributed by atoms with Gasteiger partial charge in [0.2, 0.25) is 0 Å². The van der Waals surface area contributed by atoms with Gasteiger partial charge in [0.25, 0.3) is 0 Å². The summed E-state index contributed by atoms with van der Waals surface area (Å²) in [6.07, 6.45) is 1.13. The minimum atomic E-state index is -4.60. The van der Waals surface area contributed by atoms with Gasteiger partial charge in [-0.25, -0.2) is 9.59 Å². The van der Waals surface area contributed by atoms with E-state index in [-0.39, 0.29) is 0 Å². The lowest BCUT2D eigenvalue weighted by molar-refractivity contribution is -0.132. The normalized spacial score (nSPS) is 9.65. The van der Waals surface area contributed by atoms with Crippen LogP contribution in [-0.2, 0) is 19.7 Å². The number of esters is 1. The van der Waals surface area contributed by atoms with Gasteiger partial charge in [-0.3, -0.25) is 4.55 Å². The van der Waals surface area contributed by atoms with Crippen molar-refractivity contribution in [3.63, 3.8) is 0 Å². The van der Waals surface area contributed by atoms with Crippen LogP contribution in [0.3, 0.4) is 0 Å². The molecule has 0 atom stereocenters. The van der Waals surface area contributed by atoms with Crippen LogP contribution in [0.5, 0.6) is 5.75 Å². The Morgan fingerprint density at radius 2 is 1.70 bits per heavy atom. The first kappa shape index (κ1) is 17.6. The van der Waals surface area contributed by atoms with Crippen molar-refractivity contribution in [2.75, 3.05) is 0 Å². The highest BCUT2D eigenvalue weighted by Crippen LogP contribution is 2.07. The number of carboxylic acids is 1. The van der Waals surface area contributed by atoms with E-state index in [1.54, 1.807) is 24.3 Å². The highest BCUT2D eigenvalue weighted by atomic mass is 32.2. The van der Waals surface area contributed by atoms with E-state index in [1.165, 1.54) is 0 Å². The highest BCUT2D eigenvalue weighted by molar-refractivity contribution is 7.90. The molecule has 0 heterocycles. The van der Waals surface area contributed by atoms with E-state index in [0.717, 1.165) is 6.08 Å². The Hall–Kier alpha value is -2.45. The third-order valence-corrected chi connectivity index (χ3v) is 2.48. The lowest BCUT2D eigenvalue weighted by Gasteiger charge is -1.98. The predicted molar refractivity (Wildman–Crippen MR) is 70.6 cm³/mol. The van der Waals surface area contributed by atoms with Crippen molar-refractivity contribution < 1.29 is 32.4 Å². The molecule has 0 aromatic heterocycles. The van der Waals surface area contributed by atoms with Crippen molar-refractivity contribution in [3.8, 4) is 5.75 Å². The van der Waals surface area contributed by atoms with Crippen molar-refractivity contribution in [1.82, 2.24) is 0 Å². The van der Waals surface area contributed by atoms with E-state index in [9.17, 15) is 18.0 Å². The molecule has 0 aliphatic heterocycles. The third-order valence-electron chi connectivity index (χ3n) is 1.68. The molecule has 0 fully saturated rings. The zero-order chi connectivity index (χ0) is 15.8. The first-order valence-corrected chi connectivity index (χ1v) is 6.41. The molecular formula is C12H12O7S. The highest BCUT2D eigenvalue weighted by Gasteiger charge is 2.17. The lowest BCUT2D eigenvalue weighted by Crippen LogP contribution is -2.09. The van der Waals surface area contributed by atoms with Gasteiger partial charge in [0.1, 0.15) is 5.75 Å². The van der Waals surface area contributed by atoms with Gasteiger partial charge in [-0.15, -0.1) is 0 Å². The quantitative estimate of drug-likeness (QED) is 0.372. The summed E-state index contributed by atoms with van der Waals surface area (Å²) in [5.41, 5.74) is 0. The van der Waals surface area contributed by atoms with E-state index in [2.05, 4.69) is 13.2 Å². The lowest BCUT2D eigenvalue weighted by atomic mass is 10.3. The van der Waals surface area contributed by atoms with Gasteiger partial charge < -0.3 is 9.84 Å². The van der Waals surface area contributed by atoms with Gasteiger partial charge in [-0.2, -0.15) is 8.42 Å². The number of hydrogen-bond acceptors (Lipinski definition) is 5. The molecule has 1 aromatic rings. The molecule has 0 unspecified atom stereocenters. The van der Waals surface area contributed by atoms with Crippen molar-refractivity contribution >= 4 is 22.1 Å². The second kappa shape index (κ2) is 7.87. The number of para-hydroxylation sites is 1. The first-order valence-electron chi connectivity index (χ1n) is 4.97. The van der Waals surface area contributed by atoms with Crippen LogP contribution in [0.4, 0.5) is 0 Å². The largest absolute Gasteiger partial charge is 0.477 e. The number of ether oxygens (including phenoxy) is 1. The summed E-state index contributed by atoms with van der Waals surface area (Å²) in [7, 11) is -4.60. The summed E-state index contributed by atoms with van der Waals surface area (Å²) in [5, 5.41) is 7.88. The number of benzene rings is 1. The van der Waals surface area contributed by atoms with E-state index >= 15 is 0 Å². The smallest absolute Gasteiger partial charge is 0.349 e. The Balaban J connectivity index is 0.000000370. The second-order valence-electron chi connectivity index (χ2n) is 3.14. The summed E-state index contributed by atoms with van der Waals surface area (Å²) < 4.78 is 32.5. The van der Waals surface area contributed by atoms with Crippen LogP contribution < -0.4 is 4.74 Å². The van der Waals surface area contributed by atoms with E-state index in [0.29, 0.717) is 5.75 Å². The average molecular weight is 300 g/mol. The molecule has 0 radical (unpaired) electrons. The number of hydrogen-bond donors (Lipinski definition) is 2. The van der Waals surface area contributed by atoms with Crippen LogP contribution in [0.1, 0.15) is 0 Å². The topological polar surface area (TPSA) is 118 Å². The van der Waals surface area contributed by atoms with Crippen LogP contribution in [0.15, 0.2) is 54.5 Å². The van der Waals surface area contributed by atoms with Crippen LogP contribution in [-0.4, -0.2) is 30.0 Å². The molecule has 108 valence electrons. The van der Waals surface area contributed by atoms with Crippen molar-refractivity contribution in [2.45, 2.75) is 0 Å². The predicted octanol–water partition coefficient (Wildman–Crippen LogP) is 1.25. The van der Waals surface area contributed by atoms with Crippen LogP contribution in [0, 0.1) is 0 Å². The molecule has 2 N–H and O–H groups in total. The van der Waals surface area contributed by atoms with E-state index in [1.807, 2.05) is 6.07 Å². The summed E-state index contributed by atoms with van der Waals surface area (Å²) in [6.45, 7) is 5.87. The first-order chi connectivity index (χ1) is 9.18. The van der Waals surface area contributed by atoms with Gasteiger partial charge in [0.15, 0.2) is 4.91 Å². The van der Waals surface area contributed by atoms with Gasteiger partial charge in [-0.1, -0.05) is 31.4 Å². The Kier molecular flexibility index (Phi) is 6.91. The molecule has 0 aliphatic rings. The molecule has 0 aliphatic carbocycles. The Bertz CT molecular complexity index is 602. The summed E-state index contributed by atoms with van der Waals surface area (Å²) in [6, 6.07) is 8.87. The maximum atomic E-state index is 10.6. The third kappa shape index (κ3) is 7.09. The zero-order valence-corrected chi connectivity index (χ0v) is 11.0. The molecule has 0 spiro atoms. The van der Waals surface area contributed by atoms with Crippen LogP contribution >= 0.6 is 0 Å². The summed E-state index contributed by atoms with van der Waals surface area (Å²) in [4.78, 5) is 19.1. The van der Waals surface area contributed by atoms with Crippen LogP contribution in [0.2, 0.25) is 0 Å².